The summed E-state index contributed by atoms with van der Waals surface area (Å²) in [6, 6.07) is 8.07. The maximum absolute atomic E-state index is 5.57. The largest absolute Gasteiger partial charge is 0.494 e. The first-order valence-corrected chi connectivity index (χ1v) is 7.50. The summed E-state index contributed by atoms with van der Waals surface area (Å²) >= 11 is 0. The summed E-state index contributed by atoms with van der Waals surface area (Å²) in [5.74, 6) is 0.919. The van der Waals surface area contributed by atoms with E-state index >= 15 is 0 Å². The Bertz CT molecular complexity index is 552. The highest BCUT2D eigenvalue weighted by molar-refractivity contribution is 5.46. The molecule has 1 heterocycles. The second-order valence-electron chi connectivity index (χ2n) is 6.19. The van der Waals surface area contributed by atoms with Crippen molar-refractivity contribution in [1.82, 2.24) is 9.78 Å². The van der Waals surface area contributed by atoms with Crippen LogP contribution in [0.3, 0.4) is 0 Å². The molecule has 0 saturated heterocycles. The van der Waals surface area contributed by atoms with Gasteiger partial charge in [-0.3, -0.25) is 4.68 Å². The number of aromatic nitrogens is 2. The van der Waals surface area contributed by atoms with Crippen molar-refractivity contribution in [2.45, 2.75) is 46.2 Å². The molecule has 1 aromatic heterocycles. The standard InChI is InChI=1S/C17H25N3O/c1-5-10-21-16-8-6-15(7-9-16)18-11-14-12-19-20(13-14)17(2,3)4/h6-9,12-13,18H,5,10-11H2,1-4H3. The highest BCUT2D eigenvalue weighted by Crippen LogP contribution is 2.17. The van der Waals surface area contributed by atoms with Crippen molar-refractivity contribution < 1.29 is 4.74 Å². The summed E-state index contributed by atoms with van der Waals surface area (Å²) in [6.45, 7) is 10.1. The predicted molar refractivity (Wildman–Crippen MR) is 86.8 cm³/mol. The van der Waals surface area contributed by atoms with Crippen molar-refractivity contribution in [3.8, 4) is 5.75 Å². The van der Waals surface area contributed by atoms with E-state index in [0.717, 1.165) is 31.0 Å². The Balaban J connectivity index is 1.89. The van der Waals surface area contributed by atoms with Crippen LogP contribution in [0.15, 0.2) is 36.7 Å². The number of ether oxygens (including phenoxy) is 1. The van der Waals surface area contributed by atoms with Crippen LogP contribution in [0.4, 0.5) is 5.69 Å². The Labute approximate surface area is 127 Å². The van der Waals surface area contributed by atoms with E-state index < -0.39 is 0 Å². The van der Waals surface area contributed by atoms with Gasteiger partial charge in [-0.1, -0.05) is 6.92 Å². The number of hydrogen-bond donors (Lipinski definition) is 1. The topological polar surface area (TPSA) is 39.1 Å². The molecule has 21 heavy (non-hydrogen) atoms. The van der Waals surface area contributed by atoms with Crippen LogP contribution in [0.2, 0.25) is 0 Å². The molecule has 1 N–H and O–H groups in total. The van der Waals surface area contributed by atoms with E-state index in [1.807, 2.05) is 35.1 Å². The van der Waals surface area contributed by atoms with Crippen molar-refractivity contribution in [3.63, 3.8) is 0 Å². The maximum atomic E-state index is 5.57. The lowest BCUT2D eigenvalue weighted by atomic mass is 10.1. The van der Waals surface area contributed by atoms with Crippen LogP contribution in [0.1, 0.15) is 39.7 Å². The van der Waals surface area contributed by atoms with Crippen LogP contribution in [0.25, 0.3) is 0 Å². The molecular weight excluding hydrogens is 262 g/mol. The van der Waals surface area contributed by atoms with Crippen LogP contribution in [-0.2, 0) is 12.1 Å². The fourth-order valence-electron chi connectivity index (χ4n) is 1.91. The van der Waals surface area contributed by atoms with Gasteiger partial charge in [0.25, 0.3) is 0 Å². The molecule has 0 fully saturated rings. The van der Waals surface area contributed by atoms with Gasteiger partial charge in [0.15, 0.2) is 0 Å². The lowest BCUT2D eigenvalue weighted by Crippen LogP contribution is -2.21. The number of hydrogen-bond acceptors (Lipinski definition) is 3. The third-order valence-electron chi connectivity index (χ3n) is 3.15. The van der Waals surface area contributed by atoms with E-state index in [4.69, 9.17) is 4.74 Å². The third-order valence-corrected chi connectivity index (χ3v) is 3.15. The summed E-state index contributed by atoms with van der Waals surface area (Å²) < 4.78 is 7.56. The summed E-state index contributed by atoms with van der Waals surface area (Å²) in [7, 11) is 0. The molecule has 0 aliphatic heterocycles. The Morgan fingerprint density at radius 3 is 2.48 bits per heavy atom. The fraction of sp³-hybridized carbons (Fsp3) is 0.471. The van der Waals surface area contributed by atoms with Gasteiger partial charge in [0.1, 0.15) is 5.75 Å². The summed E-state index contributed by atoms with van der Waals surface area (Å²) in [5.41, 5.74) is 2.29. The maximum Gasteiger partial charge on any atom is 0.119 e. The molecule has 0 bridgehead atoms. The van der Waals surface area contributed by atoms with Crippen molar-refractivity contribution in [1.29, 1.82) is 0 Å². The van der Waals surface area contributed by atoms with Crippen LogP contribution in [0, 0.1) is 0 Å². The Kier molecular flexibility index (Phi) is 4.89. The highest BCUT2D eigenvalue weighted by Gasteiger charge is 2.13. The zero-order valence-electron chi connectivity index (χ0n) is 13.4. The van der Waals surface area contributed by atoms with Crippen molar-refractivity contribution in [2.24, 2.45) is 0 Å². The quantitative estimate of drug-likeness (QED) is 0.871. The van der Waals surface area contributed by atoms with E-state index in [1.165, 1.54) is 5.56 Å². The van der Waals surface area contributed by atoms with E-state index in [-0.39, 0.29) is 5.54 Å². The molecule has 0 aliphatic rings. The van der Waals surface area contributed by atoms with Gasteiger partial charge in [-0.15, -0.1) is 0 Å². The van der Waals surface area contributed by atoms with Crippen molar-refractivity contribution >= 4 is 5.69 Å². The average molecular weight is 287 g/mol. The lowest BCUT2D eigenvalue weighted by Gasteiger charge is -2.18. The minimum atomic E-state index is 0.0243. The molecule has 4 nitrogen and oxygen atoms in total. The lowest BCUT2D eigenvalue weighted by molar-refractivity contribution is 0.317. The number of benzene rings is 1. The SMILES string of the molecule is CCCOc1ccc(NCc2cnn(C(C)(C)C)c2)cc1. The molecular formula is C17H25N3O. The normalized spacial score (nSPS) is 11.4. The summed E-state index contributed by atoms with van der Waals surface area (Å²) in [6.07, 6.45) is 5.03. The van der Waals surface area contributed by atoms with Gasteiger partial charge in [0.05, 0.1) is 18.3 Å². The number of anilines is 1. The van der Waals surface area contributed by atoms with Gasteiger partial charge >= 0.3 is 0 Å². The number of nitrogens with one attached hydrogen (secondary N) is 1. The number of nitrogens with zero attached hydrogens (tertiary/aromatic N) is 2. The first-order chi connectivity index (χ1) is 9.99. The van der Waals surface area contributed by atoms with Crippen LogP contribution >= 0.6 is 0 Å². The van der Waals surface area contributed by atoms with E-state index in [0.29, 0.717) is 0 Å². The van der Waals surface area contributed by atoms with Gasteiger partial charge in [-0.2, -0.15) is 5.10 Å². The Morgan fingerprint density at radius 1 is 1.19 bits per heavy atom. The number of rotatable bonds is 6. The Hall–Kier alpha value is -1.97. The molecule has 0 unspecified atom stereocenters. The zero-order chi connectivity index (χ0) is 15.3. The molecule has 0 aliphatic carbocycles. The highest BCUT2D eigenvalue weighted by atomic mass is 16.5. The second-order valence-corrected chi connectivity index (χ2v) is 6.19. The molecule has 0 radical (unpaired) electrons. The van der Waals surface area contributed by atoms with Crippen molar-refractivity contribution in [3.05, 3.63) is 42.2 Å². The molecule has 0 atom stereocenters. The molecule has 1 aromatic carbocycles. The zero-order valence-corrected chi connectivity index (χ0v) is 13.4. The van der Waals surface area contributed by atoms with Gasteiger partial charge in [-0.25, -0.2) is 0 Å². The van der Waals surface area contributed by atoms with E-state index in [2.05, 4.69) is 44.3 Å². The van der Waals surface area contributed by atoms with Crippen LogP contribution in [0.5, 0.6) is 5.75 Å². The van der Waals surface area contributed by atoms with E-state index in [1.54, 1.807) is 0 Å². The fourth-order valence-corrected chi connectivity index (χ4v) is 1.91. The smallest absolute Gasteiger partial charge is 0.119 e. The minimum Gasteiger partial charge on any atom is -0.494 e. The molecule has 2 aromatic rings. The minimum absolute atomic E-state index is 0.0243. The van der Waals surface area contributed by atoms with Gasteiger partial charge < -0.3 is 10.1 Å². The first-order valence-electron chi connectivity index (χ1n) is 7.50. The predicted octanol–water partition coefficient (Wildman–Crippen LogP) is 4.04. The van der Waals surface area contributed by atoms with Crippen molar-refractivity contribution in [2.75, 3.05) is 11.9 Å². The summed E-state index contributed by atoms with van der Waals surface area (Å²) in [4.78, 5) is 0. The summed E-state index contributed by atoms with van der Waals surface area (Å²) in [5, 5.41) is 7.80. The third kappa shape index (κ3) is 4.52. The van der Waals surface area contributed by atoms with Crippen LogP contribution in [-0.4, -0.2) is 16.4 Å². The molecule has 4 heteroatoms. The molecule has 114 valence electrons. The average Bonchev–Trinajstić information content (AvgIpc) is 2.93. The molecule has 0 amide bonds. The first kappa shape index (κ1) is 15.4. The monoisotopic (exact) mass is 287 g/mol. The van der Waals surface area contributed by atoms with Crippen LogP contribution < -0.4 is 10.1 Å². The molecule has 0 saturated carbocycles. The van der Waals surface area contributed by atoms with Gasteiger partial charge in [0.2, 0.25) is 0 Å². The van der Waals surface area contributed by atoms with Gasteiger partial charge in [0, 0.05) is 24.0 Å². The van der Waals surface area contributed by atoms with E-state index in [9.17, 15) is 0 Å². The molecule has 0 spiro atoms. The van der Waals surface area contributed by atoms with Gasteiger partial charge in [-0.05, 0) is 51.5 Å². The molecule has 2 rings (SSSR count). The second kappa shape index (κ2) is 6.66. The Morgan fingerprint density at radius 2 is 1.90 bits per heavy atom.